The van der Waals surface area contributed by atoms with Crippen molar-refractivity contribution in [2.45, 2.75) is 13.5 Å². The first-order valence-corrected chi connectivity index (χ1v) is 5.72. The molecule has 2 aromatic rings. The van der Waals surface area contributed by atoms with Crippen LogP contribution in [-0.2, 0) is 6.54 Å². The summed E-state index contributed by atoms with van der Waals surface area (Å²) >= 11 is 0. The highest BCUT2D eigenvalue weighted by Gasteiger charge is 2.15. The summed E-state index contributed by atoms with van der Waals surface area (Å²) in [7, 11) is 0. The quantitative estimate of drug-likeness (QED) is 0.898. The van der Waals surface area contributed by atoms with E-state index in [1.807, 2.05) is 0 Å². The third-order valence-electron chi connectivity index (χ3n) is 2.58. The minimum absolute atomic E-state index is 0.0972. The van der Waals surface area contributed by atoms with E-state index in [1.54, 1.807) is 19.2 Å². The molecular formula is C13H11F2N3O2. The van der Waals surface area contributed by atoms with E-state index >= 15 is 0 Å². The molecule has 0 aliphatic carbocycles. The number of aromatic carboxylic acids is 1. The second-order valence-corrected chi connectivity index (χ2v) is 4.07. The van der Waals surface area contributed by atoms with Gasteiger partial charge in [0.05, 0.1) is 23.5 Å². The molecule has 20 heavy (non-hydrogen) atoms. The second kappa shape index (κ2) is 5.60. The highest BCUT2D eigenvalue weighted by molar-refractivity contribution is 5.89. The van der Waals surface area contributed by atoms with Gasteiger partial charge >= 0.3 is 5.97 Å². The number of nitrogens with zero attached hydrogens (tertiary/aromatic N) is 2. The normalized spacial score (nSPS) is 10.3. The molecule has 1 heterocycles. The largest absolute Gasteiger partial charge is 0.478 e. The Balaban J connectivity index is 2.21. The van der Waals surface area contributed by atoms with Crippen LogP contribution >= 0.6 is 0 Å². The molecule has 0 radical (unpaired) electrons. The van der Waals surface area contributed by atoms with E-state index in [9.17, 15) is 13.6 Å². The fourth-order valence-corrected chi connectivity index (χ4v) is 1.64. The first kappa shape index (κ1) is 13.9. The van der Waals surface area contributed by atoms with Crippen LogP contribution in [0, 0.1) is 18.6 Å². The third kappa shape index (κ3) is 3.05. The molecular weight excluding hydrogens is 268 g/mol. The zero-order chi connectivity index (χ0) is 14.7. The number of nitrogens with one attached hydrogen (secondary N) is 1. The van der Waals surface area contributed by atoms with E-state index in [-0.39, 0.29) is 12.2 Å². The molecule has 7 heteroatoms. The molecule has 0 bridgehead atoms. The summed E-state index contributed by atoms with van der Waals surface area (Å²) in [5.74, 6) is -2.87. The van der Waals surface area contributed by atoms with Crippen molar-refractivity contribution in [1.82, 2.24) is 9.97 Å². The van der Waals surface area contributed by atoms with E-state index in [0.29, 0.717) is 17.6 Å². The van der Waals surface area contributed by atoms with Gasteiger partial charge < -0.3 is 10.4 Å². The number of rotatable bonds is 4. The van der Waals surface area contributed by atoms with Crippen molar-refractivity contribution < 1.29 is 18.7 Å². The van der Waals surface area contributed by atoms with Crippen LogP contribution in [0.15, 0.2) is 24.4 Å². The first-order valence-electron chi connectivity index (χ1n) is 5.72. The lowest BCUT2D eigenvalue weighted by molar-refractivity contribution is 0.0692. The van der Waals surface area contributed by atoms with Crippen LogP contribution in [0.2, 0.25) is 0 Å². The number of benzene rings is 1. The average Bonchev–Trinajstić information content (AvgIpc) is 2.37. The fraction of sp³-hybridized carbons (Fsp3) is 0.154. The van der Waals surface area contributed by atoms with E-state index in [1.165, 1.54) is 0 Å². The molecule has 0 saturated heterocycles. The van der Waals surface area contributed by atoms with Crippen LogP contribution in [0.4, 0.5) is 14.5 Å². The number of aryl methyl sites for hydroxylation is 1. The van der Waals surface area contributed by atoms with Gasteiger partial charge in [0, 0.05) is 12.3 Å². The van der Waals surface area contributed by atoms with Gasteiger partial charge in [-0.05, 0) is 19.1 Å². The minimum atomic E-state index is -1.46. The summed E-state index contributed by atoms with van der Waals surface area (Å²) in [6.45, 7) is 1.88. The van der Waals surface area contributed by atoms with Crippen LogP contribution in [-0.4, -0.2) is 21.0 Å². The topological polar surface area (TPSA) is 75.1 Å². The first-order chi connectivity index (χ1) is 9.47. The molecule has 0 spiro atoms. The van der Waals surface area contributed by atoms with Crippen LogP contribution in [0.5, 0.6) is 0 Å². The van der Waals surface area contributed by atoms with Crippen molar-refractivity contribution >= 4 is 11.7 Å². The number of hydrogen-bond donors (Lipinski definition) is 2. The Morgan fingerprint density at radius 2 is 2.10 bits per heavy atom. The summed E-state index contributed by atoms with van der Waals surface area (Å²) < 4.78 is 26.8. The number of carbonyl (C=O) groups is 1. The number of hydrogen-bond acceptors (Lipinski definition) is 4. The van der Waals surface area contributed by atoms with Crippen molar-refractivity contribution in [2.24, 2.45) is 0 Å². The Morgan fingerprint density at radius 3 is 2.75 bits per heavy atom. The fourth-order valence-electron chi connectivity index (χ4n) is 1.64. The zero-order valence-corrected chi connectivity index (χ0v) is 10.5. The second-order valence-electron chi connectivity index (χ2n) is 4.07. The molecule has 0 amide bonds. The smallest absolute Gasteiger partial charge is 0.338 e. The van der Waals surface area contributed by atoms with Gasteiger partial charge in [-0.1, -0.05) is 0 Å². The van der Waals surface area contributed by atoms with Crippen molar-refractivity contribution in [1.29, 1.82) is 0 Å². The van der Waals surface area contributed by atoms with Crippen LogP contribution < -0.4 is 5.32 Å². The Kier molecular flexibility index (Phi) is 3.88. The van der Waals surface area contributed by atoms with Crippen LogP contribution in [0.3, 0.4) is 0 Å². The van der Waals surface area contributed by atoms with Gasteiger partial charge in [0.1, 0.15) is 17.5 Å². The highest BCUT2D eigenvalue weighted by Crippen LogP contribution is 2.20. The third-order valence-corrected chi connectivity index (χ3v) is 2.58. The zero-order valence-electron chi connectivity index (χ0n) is 10.5. The Hall–Kier alpha value is -2.57. The van der Waals surface area contributed by atoms with Crippen molar-refractivity contribution in [3.05, 3.63) is 53.1 Å². The number of halogens is 2. The number of carboxylic acid groups (broad SMARTS) is 1. The standard InChI is InChI=1S/C13H11F2N3O2/c1-7-16-3-2-8(18-7)6-17-12-4-9(13(19)20)10(14)5-11(12)15/h2-5,17H,6H2,1H3,(H,19,20). The predicted molar refractivity (Wildman–Crippen MR) is 67.4 cm³/mol. The van der Waals surface area contributed by atoms with Gasteiger partial charge in [0.2, 0.25) is 0 Å². The van der Waals surface area contributed by atoms with Crippen LogP contribution in [0.1, 0.15) is 21.9 Å². The molecule has 1 aromatic carbocycles. The molecule has 0 aliphatic heterocycles. The van der Waals surface area contributed by atoms with Crippen molar-refractivity contribution in [2.75, 3.05) is 5.32 Å². The number of carboxylic acids is 1. The highest BCUT2D eigenvalue weighted by atomic mass is 19.1. The van der Waals surface area contributed by atoms with Gasteiger partial charge in [-0.3, -0.25) is 0 Å². The lowest BCUT2D eigenvalue weighted by atomic mass is 10.1. The van der Waals surface area contributed by atoms with E-state index < -0.39 is 23.2 Å². The molecule has 0 aliphatic rings. The lowest BCUT2D eigenvalue weighted by Crippen LogP contribution is -2.08. The van der Waals surface area contributed by atoms with Crippen LogP contribution in [0.25, 0.3) is 0 Å². The van der Waals surface area contributed by atoms with E-state index in [4.69, 9.17) is 5.11 Å². The molecule has 2 N–H and O–H groups in total. The summed E-state index contributed by atoms with van der Waals surface area (Å²) in [4.78, 5) is 18.8. The van der Waals surface area contributed by atoms with Gasteiger partial charge in [0.15, 0.2) is 0 Å². The molecule has 0 unspecified atom stereocenters. The molecule has 104 valence electrons. The summed E-state index contributed by atoms with van der Waals surface area (Å²) in [5.41, 5.74) is -0.0778. The molecule has 0 saturated carbocycles. The maximum Gasteiger partial charge on any atom is 0.338 e. The molecule has 0 atom stereocenters. The maximum absolute atomic E-state index is 13.5. The Labute approximate surface area is 113 Å². The number of anilines is 1. The molecule has 1 aromatic heterocycles. The molecule has 0 fully saturated rings. The Morgan fingerprint density at radius 1 is 1.35 bits per heavy atom. The van der Waals surface area contributed by atoms with Gasteiger partial charge in [-0.2, -0.15) is 0 Å². The van der Waals surface area contributed by atoms with Crippen molar-refractivity contribution in [3.63, 3.8) is 0 Å². The molecule has 5 nitrogen and oxygen atoms in total. The minimum Gasteiger partial charge on any atom is -0.478 e. The monoisotopic (exact) mass is 279 g/mol. The van der Waals surface area contributed by atoms with Gasteiger partial charge in [0.25, 0.3) is 0 Å². The van der Waals surface area contributed by atoms with E-state index in [2.05, 4.69) is 15.3 Å². The maximum atomic E-state index is 13.5. The lowest BCUT2D eigenvalue weighted by Gasteiger charge is -2.09. The predicted octanol–water partition coefficient (Wildman–Crippen LogP) is 2.37. The SMILES string of the molecule is Cc1nccc(CNc2cc(C(=O)O)c(F)cc2F)n1. The summed E-state index contributed by atoms with van der Waals surface area (Å²) in [6, 6.07) is 3.09. The summed E-state index contributed by atoms with van der Waals surface area (Å²) in [6.07, 6.45) is 1.56. The van der Waals surface area contributed by atoms with E-state index in [0.717, 1.165) is 6.07 Å². The van der Waals surface area contributed by atoms with Gasteiger partial charge in [-0.25, -0.2) is 23.5 Å². The van der Waals surface area contributed by atoms with Crippen molar-refractivity contribution in [3.8, 4) is 0 Å². The average molecular weight is 279 g/mol. The summed E-state index contributed by atoms with van der Waals surface area (Å²) in [5, 5.41) is 11.5. The number of aromatic nitrogens is 2. The van der Waals surface area contributed by atoms with Gasteiger partial charge in [-0.15, -0.1) is 0 Å². The Bertz CT molecular complexity index is 662. The molecule has 2 rings (SSSR count).